The average Bonchev–Trinajstić information content (AvgIpc) is 2.78. The molecule has 1 N–H and O–H groups in total. The van der Waals surface area contributed by atoms with E-state index in [1.807, 2.05) is 38.1 Å². The van der Waals surface area contributed by atoms with Gasteiger partial charge in [-0.2, -0.15) is 4.31 Å². The molecule has 2 aromatic rings. The average molecular weight is 448 g/mol. The van der Waals surface area contributed by atoms with Gasteiger partial charge in [0.15, 0.2) is 0 Å². The van der Waals surface area contributed by atoms with Crippen LogP contribution in [-0.2, 0) is 10.0 Å². The van der Waals surface area contributed by atoms with Crippen molar-refractivity contribution >= 4 is 21.6 Å². The predicted octanol–water partition coefficient (Wildman–Crippen LogP) is 2.35. The van der Waals surface area contributed by atoms with Gasteiger partial charge in [0.2, 0.25) is 10.0 Å². The maximum atomic E-state index is 13.2. The summed E-state index contributed by atoms with van der Waals surface area (Å²) in [6.07, 6.45) is 0. The molecule has 0 aliphatic carbocycles. The fraction of sp³-hybridized carbons (Fsp3) is 0.409. The van der Waals surface area contributed by atoms with Gasteiger partial charge in [0.25, 0.3) is 5.91 Å². The van der Waals surface area contributed by atoms with Gasteiger partial charge in [-0.3, -0.25) is 4.79 Å². The second-order valence-electron chi connectivity index (χ2n) is 7.58. The number of benzene rings is 2. The number of methoxy groups -OCH3 is 2. The fourth-order valence-electron chi connectivity index (χ4n) is 3.49. The van der Waals surface area contributed by atoms with E-state index in [1.165, 1.54) is 29.6 Å². The molecule has 0 radical (unpaired) electrons. The third kappa shape index (κ3) is 5.11. The van der Waals surface area contributed by atoms with E-state index in [1.54, 1.807) is 7.11 Å². The highest BCUT2D eigenvalue weighted by atomic mass is 32.2. The van der Waals surface area contributed by atoms with Crippen LogP contribution in [0.25, 0.3) is 0 Å². The summed E-state index contributed by atoms with van der Waals surface area (Å²) in [6, 6.07) is 12.0. The zero-order chi connectivity index (χ0) is 22.6. The monoisotopic (exact) mass is 447 g/mol. The number of nitrogens with zero attached hydrogens (tertiary/aromatic N) is 2. The van der Waals surface area contributed by atoms with Crippen molar-refractivity contribution in [1.82, 2.24) is 9.62 Å². The lowest BCUT2D eigenvalue weighted by atomic mass is 10.2. The Morgan fingerprint density at radius 1 is 0.968 bits per heavy atom. The summed E-state index contributed by atoms with van der Waals surface area (Å²) in [5.74, 6) is 0.747. The minimum atomic E-state index is -3.74. The van der Waals surface area contributed by atoms with Crippen molar-refractivity contribution in [1.29, 1.82) is 0 Å². The Hall–Kier alpha value is -2.78. The van der Waals surface area contributed by atoms with Crippen molar-refractivity contribution < 1.29 is 22.7 Å². The molecule has 1 aliphatic heterocycles. The quantitative estimate of drug-likeness (QED) is 0.701. The topological polar surface area (TPSA) is 88.2 Å². The summed E-state index contributed by atoms with van der Waals surface area (Å²) >= 11 is 0. The van der Waals surface area contributed by atoms with Crippen LogP contribution < -0.4 is 19.7 Å². The molecule has 31 heavy (non-hydrogen) atoms. The van der Waals surface area contributed by atoms with Crippen molar-refractivity contribution in [2.75, 3.05) is 45.3 Å². The smallest absolute Gasteiger partial charge is 0.255 e. The molecule has 1 saturated heterocycles. The van der Waals surface area contributed by atoms with E-state index in [0.717, 1.165) is 11.4 Å². The van der Waals surface area contributed by atoms with Gasteiger partial charge in [-0.15, -0.1) is 0 Å². The molecule has 0 spiro atoms. The molecule has 0 aromatic heterocycles. The van der Waals surface area contributed by atoms with Crippen molar-refractivity contribution in [2.24, 2.45) is 0 Å². The number of hydrogen-bond donors (Lipinski definition) is 1. The van der Waals surface area contributed by atoms with Crippen LogP contribution in [0.2, 0.25) is 0 Å². The number of anilines is 1. The second kappa shape index (κ2) is 9.57. The highest BCUT2D eigenvalue weighted by Gasteiger charge is 2.30. The summed E-state index contributed by atoms with van der Waals surface area (Å²) in [7, 11) is -0.664. The van der Waals surface area contributed by atoms with Crippen LogP contribution in [0.1, 0.15) is 24.2 Å². The number of amides is 1. The minimum Gasteiger partial charge on any atom is -0.497 e. The van der Waals surface area contributed by atoms with Crippen molar-refractivity contribution in [3.63, 3.8) is 0 Å². The first-order valence-electron chi connectivity index (χ1n) is 10.1. The molecule has 8 nitrogen and oxygen atoms in total. The fourth-order valence-corrected chi connectivity index (χ4v) is 4.94. The van der Waals surface area contributed by atoms with E-state index in [4.69, 9.17) is 9.47 Å². The summed E-state index contributed by atoms with van der Waals surface area (Å²) < 4.78 is 38.4. The largest absolute Gasteiger partial charge is 0.497 e. The van der Waals surface area contributed by atoms with E-state index < -0.39 is 10.0 Å². The number of piperazine rings is 1. The van der Waals surface area contributed by atoms with E-state index >= 15 is 0 Å². The Bertz CT molecular complexity index is 1010. The lowest BCUT2D eigenvalue weighted by molar-refractivity contribution is 0.0940. The van der Waals surface area contributed by atoms with Crippen LogP contribution in [0.4, 0.5) is 5.69 Å². The lowest BCUT2D eigenvalue weighted by Crippen LogP contribution is -2.48. The van der Waals surface area contributed by atoms with E-state index in [0.29, 0.717) is 31.9 Å². The van der Waals surface area contributed by atoms with Gasteiger partial charge in [-0.25, -0.2) is 8.42 Å². The molecule has 2 aromatic carbocycles. The van der Waals surface area contributed by atoms with Crippen LogP contribution in [0, 0.1) is 0 Å². The highest BCUT2D eigenvalue weighted by molar-refractivity contribution is 7.89. The Morgan fingerprint density at radius 2 is 1.61 bits per heavy atom. The molecular weight excluding hydrogens is 418 g/mol. The standard InChI is InChI=1S/C22H29N3O5S/c1-16(2)23-22(26)20-15-19(9-10-21(20)30-4)31(27,28)25-13-11-24(12-14-25)17-5-7-18(29-3)8-6-17/h5-10,15-16H,11-14H2,1-4H3,(H,23,26). The van der Waals surface area contributed by atoms with Crippen LogP contribution in [0.3, 0.4) is 0 Å². The zero-order valence-electron chi connectivity index (χ0n) is 18.3. The van der Waals surface area contributed by atoms with Crippen LogP contribution in [0.5, 0.6) is 11.5 Å². The number of sulfonamides is 1. The summed E-state index contributed by atoms with van der Waals surface area (Å²) in [5, 5.41) is 2.78. The minimum absolute atomic E-state index is 0.0801. The highest BCUT2D eigenvalue weighted by Crippen LogP contribution is 2.27. The van der Waals surface area contributed by atoms with Gasteiger partial charge in [0, 0.05) is 37.9 Å². The molecule has 0 atom stereocenters. The molecule has 9 heteroatoms. The second-order valence-corrected chi connectivity index (χ2v) is 9.52. The Kier molecular flexibility index (Phi) is 7.07. The summed E-state index contributed by atoms with van der Waals surface area (Å²) in [6.45, 7) is 5.53. The first kappa shape index (κ1) is 22.9. The van der Waals surface area contributed by atoms with E-state index in [2.05, 4.69) is 10.2 Å². The first-order valence-corrected chi connectivity index (χ1v) is 11.6. The molecule has 0 bridgehead atoms. The van der Waals surface area contributed by atoms with Crippen LogP contribution >= 0.6 is 0 Å². The lowest BCUT2D eigenvalue weighted by Gasteiger charge is -2.35. The number of carbonyl (C=O) groups excluding carboxylic acids is 1. The van der Waals surface area contributed by atoms with Gasteiger partial charge < -0.3 is 19.7 Å². The van der Waals surface area contributed by atoms with Crippen LogP contribution in [0.15, 0.2) is 47.4 Å². The molecular formula is C22H29N3O5S. The van der Waals surface area contributed by atoms with Crippen molar-refractivity contribution in [2.45, 2.75) is 24.8 Å². The van der Waals surface area contributed by atoms with Crippen molar-refractivity contribution in [3.8, 4) is 11.5 Å². The zero-order valence-corrected chi connectivity index (χ0v) is 19.1. The van der Waals surface area contributed by atoms with E-state index in [-0.39, 0.29) is 22.4 Å². The summed E-state index contributed by atoms with van der Waals surface area (Å²) in [4.78, 5) is 14.7. The Balaban J connectivity index is 1.76. The molecule has 3 rings (SSSR count). The molecule has 1 heterocycles. The van der Waals surface area contributed by atoms with Gasteiger partial charge in [0.05, 0.1) is 24.7 Å². The Labute approximate surface area is 183 Å². The Morgan fingerprint density at radius 3 is 2.16 bits per heavy atom. The predicted molar refractivity (Wildman–Crippen MR) is 120 cm³/mol. The van der Waals surface area contributed by atoms with Gasteiger partial charge in [-0.05, 0) is 56.3 Å². The number of rotatable bonds is 7. The maximum absolute atomic E-state index is 13.2. The normalized spacial score (nSPS) is 15.1. The first-order chi connectivity index (χ1) is 14.8. The molecule has 168 valence electrons. The maximum Gasteiger partial charge on any atom is 0.255 e. The van der Waals surface area contributed by atoms with Crippen molar-refractivity contribution in [3.05, 3.63) is 48.0 Å². The van der Waals surface area contributed by atoms with Gasteiger partial charge in [-0.1, -0.05) is 0 Å². The molecule has 1 fully saturated rings. The SMILES string of the molecule is COc1ccc(N2CCN(S(=O)(=O)c3ccc(OC)c(C(=O)NC(C)C)c3)CC2)cc1. The number of ether oxygens (including phenoxy) is 2. The van der Waals surface area contributed by atoms with E-state index in [9.17, 15) is 13.2 Å². The van der Waals surface area contributed by atoms with Crippen LogP contribution in [-0.4, -0.2) is 65.1 Å². The molecule has 1 aliphatic rings. The molecule has 0 unspecified atom stereocenters. The third-order valence-electron chi connectivity index (χ3n) is 5.15. The number of hydrogen-bond acceptors (Lipinski definition) is 6. The third-order valence-corrected chi connectivity index (χ3v) is 7.04. The number of carbonyl (C=O) groups is 1. The van der Waals surface area contributed by atoms with Gasteiger partial charge in [0.1, 0.15) is 11.5 Å². The van der Waals surface area contributed by atoms with Gasteiger partial charge >= 0.3 is 0 Å². The molecule has 1 amide bonds. The molecule has 0 saturated carbocycles. The summed E-state index contributed by atoms with van der Waals surface area (Å²) in [5.41, 5.74) is 1.23. The number of nitrogens with one attached hydrogen (secondary N) is 1.